The van der Waals surface area contributed by atoms with E-state index in [2.05, 4.69) is 20.0 Å². The zero-order valence-electron chi connectivity index (χ0n) is 16.6. The minimum Gasteiger partial charge on any atom is -0.394 e. The van der Waals surface area contributed by atoms with Gasteiger partial charge in [0.1, 0.15) is 11.6 Å². The first-order valence-electron chi connectivity index (χ1n) is 9.37. The summed E-state index contributed by atoms with van der Waals surface area (Å²) in [5, 5.41) is 12.9. The van der Waals surface area contributed by atoms with Gasteiger partial charge in [0.15, 0.2) is 5.16 Å². The molecule has 0 aliphatic carbocycles. The van der Waals surface area contributed by atoms with Gasteiger partial charge in [0.25, 0.3) is 0 Å². The molecule has 0 aliphatic heterocycles. The second kappa shape index (κ2) is 10.7. The molecule has 0 radical (unpaired) electrons. The number of hydrogen-bond acceptors (Lipinski definition) is 7. The summed E-state index contributed by atoms with van der Waals surface area (Å²) in [6, 6.07) is 16.4. The van der Waals surface area contributed by atoms with Gasteiger partial charge in [0.05, 0.1) is 12.2 Å². The molecule has 31 heavy (non-hydrogen) atoms. The molecule has 0 fully saturated rings. The van der Waals surface area contributed by atoms with Crippen LogP contribution in [0.4, 0.5) is 24.8 Å². The fraction of sp³-hybridized carbons (Fsp3) is 0.238. The maximum atomic E-state index is 12.9. The molecule has 1 heterocycles. The highest BCUT2D eigenvalue weighted by molar-refractivity contribution is 8.00. The summed E-state index contributed by atoms with van der Waals surface area (Å²) in [6.45, 7) is 1.74. The number of aliphatic hydroxyl groups is 1. The van der Waals surface area contributed by atoms with Crippen LogP contribution in [0.25, 0.3) is 0 Å². The molecule has 1 atom stereocenters. The van der Waals surface area contributed by atoms with Gasteiger partial charge >= 0.3 is 6.18 Å². The van der Waals surface area contributed by atoms with E-state index in [4.69, 9.17) is 0 Å². The maximum absolute atomic E-state index is 12.9. The average Bonchev–Trinajstić information content (AvgIpc) is 2.76. The normalized spacial score (nSPS) is 12.4. The molecule has 3 aromatic rings. The van der Waals surface area contributed by atoms with Crippen LogP contribution in [0, 0.1) is 0 Å². The molecule has 3 rings (SSSR count). The molecule has 0 bridgehead atoms. The number of thioether (sulfide) groups is 1. The van der Waals surface area contributed by atoms with Crippen LogP contribution in [0.2, 0.25) is 0 Å². The smallest absolute Gasteiger partial charge is 0.394 e. The van der Waals surface area contributed by atoms with Crippen molar-refractivity contribution in [1.82, 2.24) is 9.97 Å². The highest BCUT2D eigenvalue weighted by atomic mass is 32.2. The summed E-state index contributed by atoms with van der Waals surface area (Å²) in [5.41, 5.74) is 0.409. The van der Waals surface area contributed by atoms with Crippen molar-refractivity contribution in [3.63, 3.8) is 0 Å². The van der Waals surface area contributed by atoms with E-state index in [0.717, 1.165) is 29.6 Å². The minimum absolute atomic E-state index is 0.0712. The molecule has 0 unspecified atom stereocenters. The second-order valence-corrected chi connectivity index (χ2v) is 8.48. The number of nitrogens with zero attached hydrogens (tertiary/aromatic N) is 2. The largest absolute Gasteiger partial charge is 0.416 e. The van der Waals surface area contributed by atoms with E-state index in [1.165, 1.54) is 17.8 Å². The van der Waals surface area contributed by atoms with Gasteiger partial charge in [0.2, 0.25) is 0 Å². The van der Waals surface area contributed by atoms with Crippen LogP contribution in [0.15, 0.2) is 70.7 Å². The lowest BCUT2D eigenvalue weighted by atomic mass is 10.2. The van der Waals surface area contributed by atoms with Crippen LogP contribution < -0.4 is 10.0 Å². The van der Waals surface area contributed by atoms with Crippen molar-refractivity contribution >= 4 is 35.3 Å². The first kappa shape index (κ1) is 23.2. The molecule has 1 aromatic heterocycles. The number of hydrogen-bond donors (Lipinski definition) is 3. The van der Waals surface area contributed by atoms with Crippen molar-refractivity contribution in [2.75, 3.05) is 16.6 Å². The Labute approximate surface area is 187 Å². The fourth-order valence-electron chi connectivity index (χ4n) is 2.48. The van der Waals surface area contributed by atoms with Crippen LogP contribution in [-0.2, 0) is 11.9 Å². The summed E-state index contributed by atoms with van der Waals surface area (Å²) in [7, 11) is 0. The molecule has 10 heteroatoms. The van der Waals surface area contributed by atoms with E-state index >= 15 is 0 Å². The molecule has 5 nitrogen and oxygen atoms in total. The van der Waals surface area contributed by atoms with Crippen molar-refractivity contribution in [3.05, 3.63) is 71.8 Å². The Bertz CT molecular complexity index is 990. The summed E-state index contributed by atoms with van der Waals surface area (Å²) >= 11 is 2.47. The first-order chi connectivity index (χ1) is 14.8. The second-order valence-electron chi connectivity index (χ2n) is 6.65. The van der Waals surface area contributed by atoms with Crippen LogP contribution in [-0.4, -0.2) is 27.7 Å². The van der Waals surface area contributed by atoms with Gasteiger partial charge in [-0.3, -0.25) is 0 Å². The molecular formula is C21H21F3N4OS2. The topological polar surface area (TPSA) is 70.1 Å². The Hall–Kier alpha value is -2.43. The lowest BCUT2D eigenvalue weighted by Gasteiger charge is -2.14. The van der Waals surface area contributed by atoms with Gasteiger partial charge in [-0.15, -0.1) is 0 Å². The summed E-state index contributed by atoms with van der Waals surface area (Å²) in [5.74, 6) is 1.62. The third-order valence-electron chi connectivity index (χ3n) is 4.02. The Morgan fingerprint density at radius 1 is 1.00 bits per heavy atom. The van der Waals surface area contributed by atoms with Crippen molar-refractivity contribution < 1.29 is 18.3 Å². The number of nitrogens with one attached hydrogen (secondary N) is 2. The molecule has 2 aromatic carbocycles. The van der Waals surface area contributed by atoms with E-state index in [9.17, 15) is 18.3 Å². The van der Waals surface area contributed by atoms with E-state index < -0.39 is 11.7 Å². The Morgan fingerprint density at radius 3 is 2.45 bits per heavy atom. The lowest BCUT2D eigenvalue weighted by molar-refractivity contribution is -0.137. The quantitative estimate of drug-likeness (QED) is 0.212. The SMILES string of the molecule is C[C@H](CO)Nc1cc(NSc2cccc(C(F)(F)F)c2)nc(SCc2ccccc2)n1. The van der Waals surface area contributed by atoms with Gasteiger partial charge in [-0.05, 0) is 42.6 Å². The third kappa shape index (κ3) is 7.34. The number of benzene rings is 2. The third-order valence-corrected chi connectivity index (χ3v) is 5.74. The molecule has 0 spiro atoms. The van der Waals surface area contributed by atoms with Crippen LogP contribution in [0.1, 0.15) is 18.1 Å². The molecular weight excluding hydrogens is 445 g/mol. The lowest BCUT2D eigenvalue weighted by Crippen LogP contribution is -2.20. The number of anilines is 2. The van der Waals surface area contributed by atoms with Gasteiger partial charge in [-0.2, -0.15) is 13.2 Å². The van der Waals surface area contributed by atoms with Crippen LogP contribution >= 0.6 is 23.7 Å². The summed E-state index contributed by atoms with van der Waals surface area (Å²) in [4.78, 5) is 9.34. The van der Waals surface area contributed by atoms with Gasteiger partial charge in [0, 0.05) is 22.8 Å². The molecule has 0 amide bonds. The molecule has 0 aliphatic rings. The van der Waals surface area contributed by atoms with Gasteiger partial charge in [-0.25, -0.2) is 9.97 Å². The van der Waals surface area contributed by atoms with Gasteiger partial charge in [-0.1, -0.05) is 48.2 Å². The highest BCUT2D eigenvalue weighted by Crippen LogP contribution is 2.32. The molecule has 164 valence electrons. The average molecular weight is 467 g/mol. The van der Waals surface area contributed by atoms with Crippen LogP contribution in [0.5, 0.6) is 0 Å². The predicted molar refractivity (Wildman–Crippen MR) is 119 cm³/mol. The van der Waals surface area contributed by atoms with Crippen molar-refractivity contribution in [2.45, 2.75) is 34.9 Å². The Kier molecular flexibility index (Phi) is 8.05. The zero-order chi connectivity index (χ0) is 22.3. The minimum atomic E-state index is -4.40. The van der Waals surface area contributed by atoms with Crippen molar-refractivity contribution in [2.24, 2.45) is 0 Å². The van der Waals surface area contributed by atoms with Gasteiger partial charge < -0.3 is 15.1 Å². The first-order valence-corrected chi connectivity index (χ1v) is 11.2. The number of aromatic nitrogens is 2. The fourth-order valence-corrected chi connectivity index (χ4v) is 3.96. The summed E-state index contributed by atoms with van der Waals surface area (Å²) < 4.78 is 41.8. The Balaban J connectivity index is 1.75. The van der Waals surface area contributed by atoms with E-state index in [-0.39, 0.29) is 12.6 Å². The van der Waals surface area contributed by atoms with E-state index in [0.29, 0.717) is 27.4 Å². The van der Waals surface area contributed by atoms with Crippen molar-refractivity contribution in [3.8, 4) is 0 Å². The predicted octanol–water partition coefficient (Wildman–Crippen LogP) is 5.70. The van der Waals surface area contributed by atoms with E-state index in [1.54, 1.807) is 12.1 Å². The molecule has 0 saturated carbocycles. The number of aliphatic hydroxyl groups excluding tert-OH is 1. The Morgan fingerprint density at radius 2 is 1.74 bits per heavy atom. The van der Waals surface area contributed by atoms with Crippen molar-refractivity contribution in [1.29, 1.82) is 0 Å². The zero-order valence-corrected chi connectivity index (χ0v) is 18.2. The summed E-state index contributed by atoms with van der Waals surface area (Å²) in [6.07, 6.45) is -4.40. The van der Waals surface area contributed by atoms with E-state index in [1.807, 2.05) is 37.3 Å². The molecule has 3 N–H and O–H groups in total. The highest BCUT2D eigenvalue weighted by Gasteiger charge is 2.30. The number of halogens is 3. The maximum Gasteiger partial charge on any atom is 0.416 e. The number of rotatable bonds is 9. The standard InChI is InChI=1S/C21H21F3N4OS2/c1-14(12-29)25-18-11-19(27-20(26-18)30-13-15-6-3-2-4-7-15)28-31-17-9-5-8-16(10-17)21(22,23)24/h2-11,14,29H,12-13H2,1H3,(H2,25,26,27,28)/t14-/m1/s1. The number of alkyl halides is 3. The van der Waals surface area contributed by atoms with Crippen LogP contribution in [0.3, 0.4) is 0 Å². The monoisotopic (exact) mass is 466 g/mol. The molecule has 0 saturated heterocycles.